The Balaban J connectivity index is 1.61. The fourth-order valence-corrected chi connectivity index (χ4v) is 3.90. The van der Waals surface area contributed by atoms with Gasteiger partial charge in [0.05, 0.1) is 18.9 Å². The van der Waals surface area contributed by atoms with Gasteiger partial charge in [0, 0.05) is 5.56 Å². The topological polar surface area (TPSA) is 89.0 Å². The Morgan fingerprint density at radius 3 is 2.38 bits per heavy atom. The van der Waals surface area contributed by atoms with Gasteiger partial charge in [0.25, 0.3) is 11.8 Å². The number of hydrogen-bond donors (Lipinski definition) is 2. The molecule has 7 nitrogen and oxygen atoms in total. The second-order valence-corrected chi connectivity index (χ2v) is 9.29. The molecular formula is C28H28F3N3O4S. The zero-order valence-corrected chi connectivity index (χ0v) is 22.1. The Morgan fingerprint density at radius 2 is 1.74 bits per heavy atom. The van der Waals surface area contributed by atoms with Crippen LogP contribution in [0.2, 0.25) is 0 Å². The summed E-state index contributed by atoms with van der Waals surface area (Å²) in [5.74, 6) is 0.380. The maximum absolute atomic E-state index is 12.8. The first-order valence-corrected chi connectivity index (χ1v) is 13.3. The smallest absolute Gasteiger partial charge is 0.416 e. The molecule has 1 unspecified atom stereocenters. The number of rotatable bonds is 12. The maximum atomic E-state index is 12.8. The predicted molar refractivity (Wildman–Crippen MR) is 145 cm³/mol. The molecule has 39 heavy (non-hydrogen) atoms. The highest BCUT2D eigenvalue weighted by Crippen LogP contribution is 2.29. The van der Waals surface area contributed by atoms with E-state index in [-0.39, 0.29) is 5.56 Å². The molecule has 11 heteroatoms. The van der Waals surface area contributed by atoms with Crippen LogP contribution in [0.25, 0.3) is 0 Å². The molecule has 2 N–H and O–H groups in total. The Labute approximate surface area is 228 Å². The van der Waals surface area contributed by atoms with E-state index in [1.807, 2.05) is 36.6 Å². The van der Waals surface area contributed by atoms with E-state index in [4.69, 9.17) is 9.47 Å². The molecule has 3 aromatic carbocycles. The number of ether oxygens (including phenoxy) is 2. The summed E-state index contributed by atoms with van der Waals surface area (Å²) in [6.45, 7) is 0.371. The first-order chi connectivity index (χ1) is 18.7. The average molecular weight is 560 g/mol. The standard InChI is InChI=1S/C28H28F3N3O4S/c1-37-25-16-20(8-13-24(25)38-18-19-6-4-3-5-7-19)17-32-34-27(36)23(14-15-39-2)33-26(35)21-9-11-22(12-10-21)28(29,30)31/h3-13,16-17,23H,14-15,18H2,1-2H3,(H,33,35)(H,34,36)/b32-17+. The molecule has 2 amide bonds. The van der Waals surface area contributed by atoms with Crippen molar-refractivity contribution in [1.29, 1.82) is 0 Å². The SMILES string of the molecule is COc1cc(/C=N/NC(=O)C(CCSC)NC(=O)c2ccc(C(F)(F)F)cc2)ccc1OCc1ccccc1. The van der Waals surface area contributed by atoms with Crippen molar-refractivity contribution in [2.75, 3.05) is 19.1 Å². The van der Waals surface area contributed by atoms with Crippen LogP contribution in [0.5, 0.6) is 11.5 Å². The largest absolute Gasteiger partial charge is 0.493 e. The molecule has 3 aromatic rings. The highest BCUT2D eigenvalue weighted by atomic mass is 32.2. The molecule has 0 aromatic heterocycles. The second-order valence-electron chi connectivity index (χ2n) is 8.30. The molecule has 0 heterocycles. The number of nitrogens with one attached hydrogen (secondary N) is 2. The number of amides is 2. The minimum absolute atomic E-state index is 0.00937. The average Bonchev–Trinajstić information content (AvgIpc) is 2.94. The lowest BCUT2D eigenvalue weighted by molar-refractivity contribution is -0.137. The van der Waals surface area contributed by atoms with Gasteiger partial charge in [-0.2, -0.15) is 30.0 Å². The maximum Gasteiger partial charge on any atom is 0.416 e. The van der Waals surface area contributed by atoms with Gasteiger partial charge in [0.2, 0.25) is 0 Å². The molecule has 1 atom stereocenters. The number of carbonyl (C=O) groups is 2. The molecule has 206 valence electrons. The fraction of sp³-hybridized carbons (Fsp3) is 0.250. The van der Waals surface area contributed by atoms with Crippen molar-refractivity contribution in [2.45, 2.75) is 25.2 Å². The predicted octanol–water partition coefficient (Wildman–Crippen LogP) is 5.29. The molecular weight excluding hydrogens is 531 g/mol. The van der Waals surface area contributed by atoms with Crippen molar-refractivity contribution in [1.82, 2.24) is 10.7 Å². The van der Waals surface area contributed by atoms with Crippen LogP contribution in [0.3, 0.4) is 0 Å². The van der Waals surface area contributed by atoms with Crippen LogP contribution in [-0.2, 0) is 17.6 Å². The van der Waals surface area contributed by atoms with Gasteiger partial charge in [-0.25, -0.2) is 5.43 Å². The van der Waals surface area contributed by atoms with Crippen molar-refractivity contribution in [3.05, 3.63) is 95.1 Å². The summed E-state index contributed by atoms with van der Waals surface area (Å²) in [5.41, 5.74) is 3.20. The Kier molecular flexibility index (Phi) is 10.8. The van der Waals surface area contributed by atoms with Gasteiger partial charge in [0.1, 0.15) is 12.6 Å². The molecule has 0 spiro atoms. The van der Waals surface area contributed by atoms with Crippen LogP contribution in [-0.4, -0.2) is 43.2 Å². The lowest BCUT2D eigenvalue weighted by Gasteiger charge is -2.17. The van der Waals surface area contributed by atoms with E-state index < -0.39 is 29.6 Å². The molecule has 0 radical (unpaired) electrons. The van der Waals surface area contributed by atoms with Gasteiger partial charge in [-0.1, -0.05) is 30.3 Å². The lowest BCUT2D eigenvalue weighted by atomic mass is 10.1. The zero-order chi connectivity index (χ0) is 28.3. The van der Waals surface area contributed by atoms with Gasteiger partial charge < -0.3 is 14.8 Å². The number of nitrogens with zero attached hydrogens (tertiary/aromatic N) is 1. The number of benzene rings is 3. The van der Waals surface area contributed by atoms with E-state index in [1.54, 1.807) is 18.2 Å². The van der Waals surface area contributed by atoms with Crippen molar-refractivity contribution in [3.8, 4) is 11.5 Å². The molecule has 0 aliphatic rings. The molecule has 0 saturated heterocycles. The highest BCUT2D eigenvalue weighted by molar-refractivity contribution is 7.98. The first-order valence-electron chi connectivity index (χ1n) is 11.9. The van der Waals surface area contributed by atoms with Crippen molar-refractivity contribution in [3.63, 3.8) is 0 Å². The van der Waals surface area contributed by atoms with Crippen LogP contribution < -0.4 is 20.2 Å². The molecule has 0 aliphatic carbocycles. The van der Waals surface area contributed by atoms with Crippen molar-refractivity contribution in [2.24, 2.45) is 5.10 Å². The highest BCUT2D eigenvalue weighted by Gasteiger charge is 2.30. The Bertz CT molecular complexity index is 1270. The minimum atomic E-state index is -4.51. The summed E-state index contributed by atoms with van der Waals surface area (Å²) in [5, 5.41) is 6.56. The third kappa shape index (κ3) is 9.06. The van der Waals surface area contributed by atoms with Gasteiger partial charge in [-0.05, 0) is 72.0 Å². The number of alkyl halides is 3. The Morgan fingerprint density at radius 1 is 1.03 bits per heavy atom. The molecule has 0 saturated carbocycles. The van der Waals surface area contributed by atoms with Gasteiger partial charge >= 0.3 is 6.18 Å². The summed E-state index contributed by atoms with van der Waals surface area (Å²) >= 11 is 1.48. The van der Waals surface area contributed by atoms with Crippen LogP contribution in [0.1, 0.15) is 33.5 Å². The summed E-state index contributed by atoms with van der Waals surface area (Å²) in [6.07, 6.45) is -0.931. The Hall–Kier alpha value is -3.99. The summed E-state index contributed by atoms with van der Waals surface area (Å²) in [6, 6.07) is 17.7. The van der Waals surface area contributed by atoms with Gasteiger partial charge in [-0.15, -0.1) is 0 Å². The van der Waals surface area contributed by atoms with E-state index in [0.717, 1.165) is 29.8 Å². The minimum Gasteiger partial charge on any atom is -0.493 e. The number of halogens is 3. The van der Waals surface area contributed by atoms with Crippen molar-refractivity contribution < 1.29 is 32.2 Å². The van der Waals surface area contributed by atoms with Crippen LogP contribution in [0, 0.1) is 0 Å². The van der Waals surface area contributed by atoms with E-state index in [9.17, 15) is 22.8 Å². The van der Waals surface area contributed by atoms with Crippen LogP contribution >= 0.6 is 11.8 Å². The molecule has 3 rings (SSSR count). The number of thioether (sulfide) groups is 1. The molecule has 0 aliphatic heterocycles. The lowest BCUT2D eigenvalue weighted by Crippen LogP contribution is -2.45. The number of carbonyl (C=O) groups excluding carboxylic acids is 2. The number of hydrazone groups is 1. The van der Waals surface area contributed by atoms with E-state index in [2.05, 4.69) is 15.8 Å². The van der Waals surface area contributed by atoms with Gasteiger partial charge in [-0.3, -0.25) is 9.59 Å². The zero-order valence-electron chi connectivity index (χ0n) is 21.3. The van der Waals surface area contributed by atoms with Crippen LogP contribution in [0.4, 0.5) is 13.2 Å². The molecule has 0 fully saturated rings. The van der Waals surface area contributed by atoms with Crippen LogP contribution in [0.15, 0.2) is 77.9 Å². The third-order valence-corrected chi connectivity index (χ3v) is 6.16. The molecule has 0 bridgehead atoms. The summed E-state index contributed by atoms with van der Waals surface area (Å²) in [4.78, 5) is 25.3. The van der Waals surface area contributed by atoms with E-state index >= 15 is 0 Å². The van der Waals surface area contributed by atoms with Gasteiger partial charge in [0.15, 0.2) is 11.5 Å². The van der Waals surface area contributed by atoms with E-state index in [1.165, 1.54) is 25.1 Å². The first kappa shape index (κ1) is 29.6. The number of methoxy groups -OCH3 is 1. The third-order valence-electron chi connectivity index (χ3n) is 5.52. The quantitative estimate of drug-likeness (QED) is 0.232. The second kappa shape index (κ2) is 14.2. The summed E-state index contributed by atoms with van der Waals surface area (Å²) < 4.78 is 49.6. The fourth-order valence-electron chi connectivity index (χ4n) is 3.42. The van der Waals surface area contributed by atoms with Crippen molar-refractivity contribution >= 4 is 29.8 Å². The number of hydrogen-bond acceptors (Lipinski definition) is 6. The normalized spacial score (nSPS) is 12.1. The monoisotopic (exact) mass is 559 g/mol. The van der Waals surface area contributed by atoms with E-state index in [0.29, 0.717) is 35.8 Å². The summed E-state index contributed by atoms with van der Waals surface area (Å²) in [7, 11) is 1.52.